The lowest BCUT2D eigenvalue weighted by Crippen LogP contribution is -2.48. The van der Waals surface area contributed by atoms with Gasteiger partial charge in [0.1, 0.15) is 0 Å². The van der Waals surface area contributed by atoms with E-state index in [1.165, 1.54) is 18.1 Å². The molecule has 0 spiro atoms. The fourth-order valence-corrected chi connectivity index (χ4v) is 2.73. The Morgan fingerprint density at radius 3 is 2.50 bits per heavy atom. The number of aromatic nitrogens is 2. The SMILES string of the molecule is Cn1ccnc1C(O)(CC(=O)N1CCC(C)(C)C1)C(F)(F)F. The summed E-state index contributed by atoms with van der Waals surface area (Å²) in [4.78, 5) is 17.2. The van der Waals surface area contributed by atoms with E-state index in [4.69, 9.17) is 0 Å². The highest BCUT2D eigenvalue weighted by molar-refractivity contribution is 5.78. The lowest BCUT2D eigenvalue weighted by atomic mass is 9.93. The molecule has 1 unspecified atom stereocenters. The van der Waals surface area contributed by atoms with Gasteiger partial charge in [-0.1, -0.05) is 13.8 Å². The standard InChI is InChI=1S/C14H20F3N3O2/c1-12(2)4-6-20(9-12)10(21)8-13(22,14(15,16)17)11-18-5-7-19(11)3/h5,7,22H,4,6,8-9H2,1-3H3. The van der Waals surface area contributed by atoms with Crippen LogP contribution in [-0.4, -0.2) is 44.7 Å². The average molecular weight is 319 g/mol. The first kappa shape index (κ1) is 16.8. The first-order valence-electron chi connectivity index (χ1n) is 7.01. The summed E-state index contributed by atoms with van der Waals surface area (Å²) in [6.07, 6.45) is -2.86. The Balaban J connectivity index is 2.26. The molecule has 1 aromatic rings. The van der Waals surface area contributed by atoms with E-state index >= 15 is 0 Å². The maximum absolute atomic E-state index is 13.4. The van der Waals surface area contributed by atoms with Crippen molar-refractivity contribution in [1.29, 1.82) is 0 Å². The smallest absolute Gasteiger partial charge is 0.374 e. The van der Waals surface area contributed by atoms with E-state index in [0.717, 1.165) is 17.2 Å². The van der Waals surface area contributed by atoms with Gasteiger partial charge in [0, 0.05) is 32.5 Å². The zero-order chi connectivity index (χ0) is 16.8. The molecule has 0 aliphatic carbocycles. The number of alkyl halides is 3. The number of aryl methyl sites for hydroxylation is 1. The largest absolute Gasteiger partial charge is 0.425 e. The van der Waals surface area contributed by atoms with Gasteiger partial charge in [0.25, 0.3) is 0 Å². The van der Waals surface area contributed by atoms with Crippen LogP contribution in [0.2, 0.25) is 0 Å². The highest BCUT2D eigenvalue weighted by atomic mass is 19.4. The quantitative estimate of drug-likeness (QED) is 0.924. The van der Waals surface area contributed by atoms with Crippen molar-refractivity contribution in [2.75, 3.05) is 13.1 Å². The van der Waals surface area contributed by atoms with E-state index in [0.29, 0.717) is 13.1 Å². The number of imidazole rings is 1. The molecule has 5 nitrogen and oxygen atoms in total. The van der Waals surface area contributed by atoms with Crippen LogP contribution in [0.25, 0.3) is 0 Å². The zero-order valence-electron chi connectivity index (χ0n) is 12.8. The molecule has 0 saturated carbocycles. The maximum atomic E-state index is 13.4. The van der Waals surface area contributed by atoms with Gasteiger partial charge in [0.05, 0.1) is 6.42 Å². The van der Waals surface area contributed by atoms with Crippen molar-refractivity contribution < 1.29 is 23.1 Å². The van der Waals surface area contributed by atoms with Crippen LogP contribution >= 0.6 is 0 Å². The average Bonchev–Trinajstić information content (AvgIpc) is 2.93. The Morgan fingerprint density at radius 1 is 1.45 bits per heavy atom. The normalized spacial score (nSPS) is 21.0. The molecule has 1 saturated heterocycles. The van der Waals surface area contributed by atoms with Crippen molar-refractivity contribution >= 4 is 5.91 Å². The van der Waals surface area contributed by atoms with E-state index in [9.17, 15) is 23.1 Å². The molecule has 1 aromatic heterocycles. The van der Waals surface area contributed by atoms with Crippen LogP contribution in [0.1, 0.15) is 32.5 Å². The molecule has 0 bridgehead atoms. The summed E-state index contributed by atoms with van der Waals surface area (Å²) in [6.45, 7) is 4.70. The molecule has 1 aliphatic heterocycles. The van der Waals surface area contributed by atoms with Gasteiger partial charge < -0.3 is 14.6 Å². The summed E-state index contributed by atoms with van der Waals surface area (Å²) in [7, 11) is 1.35. The molecule has 1 atom stereocenters. The topological polar surface area (TPSA) is 58.4 Å². The fraction of sp³-hybridized carbons (Fsp3) is 0.714. The zero-order valence-corrected chi connectivity index (χ0v) is 12.8. The predicted octanol–water partition coefficient (Wildman–Crippen LogP) is 1.82. The third kappa shape index (κ3) is 2.97. The number of hydrogen-bond acceptors (Lipinski definition) is 3. The summed E-state index contributed by atoms with van der Waals surface area (Å²) in [5, 5.41) is 10.2. The number of amides is 1. The number of likely N-dealkylation sites (tertiary alicyclic amines) is 1. The van der Waals surface area contributed by atoms with Crippen molar-refractivity contribution in [3.05, 3.63) is 18.2 Å². The molecule has 0 radical (unpaired) electrons. The number of rotatable bonds is 3. The molecule has 1 amide bonds. The van der Waals surface area contributed by atoms with Gasteiger partial charge in [0.15, 0.2) is 5.82 Å². The van der Waals surface area contributed by atoms with Crippen LogP contribution in [0.5, 0.6) is 0 Å². The second-order valence-corrected chi connectivity index (χ2v) is 6.63. The Morgan fingerprint density at radius 2 is 2.09 bits per heavy atom. The van der Waals surface area contributed by atoms with Crippen LogP contribution in [0.3, 0.4) is 0 Å². The monoisotopic (exact) mass is 319 g/mol. The second kappa shape index (κ2) is 5.26. The molecular weight excluding hydrogens is 299 g/mol. The second-order valence-electron chi connectivity index (χ2n) is 6.63. The summed E-state index contributed by atoms with van der Waals surface area (Å²) in [6, 6.07) is 0. The maximum Gasteiger partial charge on any atom is 0.425 e. The van der Waals surface area contributed by atoms with Crippen molar-refractivity contribution in [3.8, 4) is 0 Å². The van der Waals surface area contributed by atoms with Gasteiger partial charge in [-0.3, -0.25) is 4.79 Å². The number of hydrogen-bond donors (Lipinski definition) is 1. The number of aliphatic hydroxyl groups is 1. The predicted molar refractivity (Wildman–Crippen MR) is 72.8 cm³/mol. The third-order valence-corrected chi connectivity index (χ3v) is 4.10. The number of nitrogens with zero attached hydrogens (tertiary/aromatic N) is 3. The minimum Gasteiger partial charge on any atom is -0.374 e. The van der Waals surface area contributed by atoms with Gasteiger partial charge >= 0.3 is 6.18 Å². The molecule has 1 N–H and O–H groups in total. The van der Waals surface area contributed by atoms with Crippen LogP contribution in [-0.2, 0) is 17.4 Å². The summed E-state index contributed by atoms with van der Waals surface area (Å²) >= 11 is 0. The number of carbonyl (C=O) groups is 1. The van der Waals surface area contributed by atoms with Gasteiger partial charge in [0.2, 0.25) is 11.5 Å². The van der Waals surface area contributed by atoms with E-state index in [1.807, 2.05) is 13.8 Å². The van der Waals surface area contributed by atoms with Gasteiger partial charge in [-0.15, -0.1) is 0 Å². The van der Waals surface area contributed by atoms with Gasteiger partial charge in [-0.05, 0) is 11.8 Å². The molecular formula is C14H20F3N3O2. The minimum absolute atomic E-state index is 0.116. The molecule has 1 aliphatic rings. The van der Waals surface area contributed by atoms with Crippen molar-refractivity contribution in [2.24, 2.45) is 12.5 Å². The van der Waals surface area contributed by atoms with Crippen LogP contribution < -0.4 is 0 Å². The molecule has 1 fully saturated rings. The highest BCUT2D eigenvalue weighted by Gasteiger charge is 2.59. The van der Waals surface area contributed by atoms with Gasteiger partial charge in [-0.25, -0.2) is 4.98 Å². The highest BCUT2D eigenvalue weighted by Crippen LogP contribution is 2.41. The van der Waals surface area contributed by atoms with Crippen molar-refractivity contribution in [2.45, 2.75) is 38.5 Å². The molecule has 8 heteroatoms. The van der Waals surface area contributed by atoms with Gasteiger partial charge in [-0.2, -0.15) is 13.2 Å². The molecule has 124 valence electrons. The van der Waals surface area contributed by atoms with Crippen LogP contribution in [0.4, 0.5) is 13.2 Å². The van der Waals surface area contributed by atoms with E-state index in [-0.39, 0.29) is 5.41 Å². The molecule has 22 heavy (non-hydrogen) atoms. The number of halogens is 3. The first-order chi connectivity index (χ1) is 9.96. The minimum atomic E-state index is -4.99. The Labute approximate surface area is 126 Å². The Bertz CT molecular complexity index is 568. The van der Waals surface area contributed by atoms with E-state index in [2.05, 4.69) is 4.98 Å². The molecule has 2 heterocycles. The van der Waals surface area contributed by atoms with Crippen LogP contribution in [0.15, 0.2) is 12.4 Å². The molecule has 0 aromatic carbocycles. The summed E-state index contributed by atoms with van der Waals surface area (Å²) in [5.74, 6) is -1.29. The lowest BCUT2D eigenvalue weighted by Gasteiger charge is -2.31. The van der Waals surface area contributed by atoms with E-state index in [1.54, 1.807) is 0 Å². The first-order valence-corrected chi connectivity index (χ1v) is 7.01. The van der Waals surface area contributed by atoms with Crippen molar-refractivity contribution in [1.82, 2.24) is 14.5 Å². The van der Waals surface area contributed by atoms with Crippen molar-refractivity contribution in [3.63, 3.8) is 0 Å². The fourth-order valence-electron chi connectivity index (χ4n) is 2.73. The third-order valence-electron chi connectivity index (χ3n) is 4.10. The van der Waals surface area contributed by atoms with E-state index < -0.39 is 29.9 Å². The Kier molecular flexibility index (Phi) is 4.01. The van der Waals surface area contributed by atoms with Crippen LogP contribution in [0, 0.1) is 5.41 Å². The Hall–Kier alpha value is -1.57. The molecule has 2 rings (SSSR count). The summed E-state index contributed by atoms with van der Waals surface area (Å²) < 4.78 is 41.2. The lowest BCUT2D eigenvalue weighted by molar-refractivity contribution is -0.271. The number of carbonyl (C=O) groups excluding carboxylic acids is 1. The summed E-state index contributed by atoms with van der Waals surface area (Å²) in [5.41, 5.74) is -3.40.